The van der Waals surface area contributed by atoms with Crippen molar-refractivity contribution in [3.05, 3.63) is 43.0 Å². The van der Waals surface area contributed by atoms with Crippen molar-refractivity contribution < 1.29 is 14.7 Å². The van der Waals surface area contributed by atoms with Crippen LogP contribution in [0, 0.1) is 5.92 Å². The summed E-state index contributed by atoms with van der Waals surface area (Å²) >= 11 is 0. The van der Waals surface area contributed by atoms with Crippen molar-refractivity contribution >= 4 is 5.97 Å². The predicted octanol–water partition coefficient (Wildman–Crippen LogP) is 3.02. The largest absolute Gasteiger partial charge is 0.481 e. The first kappa shape index (κ1) is 15.2. The molecule has 1 rings (SSSR count). The zero-order valence-corrected chi connectivity index (χ0v) is 11.0. The van der Waals surface area contributed by atoms with Gasteiger partial charge in [0.15, 0.2) is 0 Å². The topological polar surface area (TPSA) is 58.6 Å². The molecular weight excluding hydrogens is 242 g/mol. The highest BCUT2D eigenvalue weighted by Gasteiger charge is 2.16. The van der Waals surface area contributed by atoms with Gasteiger partial charge < -0.3 is 9.94 Å². The lowest BCUT2D eigenvalue weighted by molar-refractivity contribution is -0.142. The molecular formula is C15H21NO3. The highest BCUT2D eigenvalue weighted by atomic mass is 16.6. The Hall–Kier alpha value is -1.81. The summed E-state index contributed by atoms with van der Waals surface area (Å²) in [6, 6.07) is 9.24. The van der Waals surface area contributed by atoms with E-state index in [0.717, 1.165) is 19.3 Å². The number of unbranched alkanes of at least 4 members (excludes halogenated alkanes) is 2. The lowest BCUT2D eigenvalue weighted by atomic mass is 10.0. The minimum Gasteiger partial charge on any atom is -0.481 e. The first-order valence-corrected chi connectivity index (χ1v) is 6.52. The third-order valence-corrected chi connectivity index (χ3v) is 2.82. The van der Waals surface area contributed by atoms with E-state index >= 15 is 0 Å². The zero-order chi connectivity index (χ0) is 13.9. The summed E-state index contributed by atoms with van der Waals surface area (Å²) in [7, 11) is 0. The van der Waals surface area contributed by atoms with Crippen LogP contribution in [0.1, 0.15) is 25.7 Å². The molecule has 0 radical (unpaired) electrons. The molecule has 0 aliphatic heterocycles. The number of nitrogens with one attached hydrogen (secondary N) is 1. The van der Waals surface area contributed by atoms with E-state index in [1.54, 1.807) is 0 Å². The Balaban J connectivity index is 2.25. The Labute approximate surface area is 114 Å². The smallest absolute Gasteiger partial charge is 0.307 e. The second kappa shape index (κ2) is 9.16. The number of carboxylic acids is 1. The van der Waals surface area contributed by atoms with Crippen molar-refractivity contribution in [2.45, 2.75) is 25.7 Å². The summed E-state index contributed by atoms with van der Waals surface area (Å²) in [6.07, 6.45) is 5.30. The number of rotatable bonds is 10. The van der Waals surface area contributed by atoms with Crippen molar-refractivity contribution in [2.75, 3.05) is 6.54 Å². The second-order valence-corrected chi connectivity index (χ2v) is 4.37. The van der Waals surface area contributed by atoms with E-state index in [2.05, 4.69) is 12.1 Å². The molecule has 0 heterocycles. The van der Waals surface area contributed by atoms with Crippen molar-refractivity contribution in [1.82, 2.24) is 5.48 Å². The van der Waals surface area contributed by atoms with E-state index in [1.165, 1.54) is 0 Å². The average molecular weight is 263 g/mol. The standard InChI is InChI=1S/C15H21NO3/c1-2-3-4-6-9-13(15(17)18)12-16-19-14-10-7-5-8-11-14/h2,5,7-8,10-11,13,16H,1,3-4,6,9,12H2,(H,17,18)/t13-/m1/s1. The number of benzene rings is 1. The summed E-state index contributed by atoms with van der Waals surface area (Å²) in [5, 5.41) is 9.11. The van der Waals surface area contributed by atoms with Crippen LogP contribution in [-0.2, 0) is 4.79 Å². The fourth-order valence-corrected chi connectivity index (χ4v) is 1.71. The summed E-state index contributed by atoms with van der Waals surface area (Å²) < 4.78 is 0. The Morgan fingerprint density at radius 2 is 2.11 bits per heavy atom. The summed E-state index contributed by atoms with van der Waals surface area (Å²) in [4.78, 5) is 16.4. The number of carbonyl (C=O) groups is 1. The molecule has 0 saturated carbocycles. The Morgan fingerprint density at radius 1 is 1.37 bits per heavy atom. The van der Waals surface area contributed by atoms with E-state index in [4.69, 9.17) is 9.94 Å². The van der Waals surface area contributed by atoms with Gasteiger partial charge >= 0.3 is 5.97 Å². The van der Waals surface area contributed by atoms with Crippen LogP contribution < -0.4 is 10.3 Å². The van der Waals surface area contributed by atoms with Crippen LogP contribution in [0.3, 0.4) is 0 Å². The van der Waals surface area contributed by atoms with Gasteiger partial charge in [-0.2, -0.15) is 5.48 Å². The molecule has 4 heteroatoms. The van der Waals surface area contributed by atoms with Crippen LogP contribution in [0.15, 0.2) is 43.0 Å². The molecule has 0 saturated heterocycles. The van der Waals surface area contributed by atoms with Crippen molar-refractivity contribution in [3.63, 3.8) is 0 Å². The van der Waals surface area contributed by atoms with E-state index in [9.17, 15) is 4.79 Å². The predicted molar refractivity (Wildman–Crippen MR) is 74.9 cm³/mol. The van der Waals surface area contributed by atoms with Gasteiger partial charge in [-0.3, -0.25) is 4.79 Å². The van der Waals surface area contributed by atoms with Gasteiger partial charge in [-0.1, -0.05) is 30.7 Å². The van der Waals surface area contributed by atoms with Crippen molar-refractivity contribution in [3.8, 4) is 5.75 Å². The number of aliphatic carboxylic acids is 1. The second-order valence-electron chi connectivity index (χ2n) is 4.37. The van der Waals surface area contributed by atoms with Gasteiger partial charge in [0.05, 0.1) is 5.92 Å². The minimum atomic E-state index is -0.789. The highest BCUT2D eigenvalue weighted by molar-refractivity contribution is 5.70. The molecule has 0 spiro atoms. The molecule has 0 unspecified atom stereocenters. The molecule has 0 aliphatic rings. The maximum absolute atomic E-state index is 11.1. The Kier molecular flexibility index (Phi) is 7.35. The molecule has 104 valence electrons. The molecule has 1 aromatic rings. The van der Waals surface area contributed by atoms with Crippen LogP contribution in [0.25, 0.3) is 0 Å². The van der Waals surface area contributed by atoms with Gasteiger partial charge in [0.1, 0.15) is 5.75 Å². The van der Waals surface area contributed by atoms with Crippen molar-refractivity contribution in [1.29, 1.82) is 0 Å². The fourth-order valence-electron chi connectivity index (χ4n) is 1.71. The number of hydrogen-bond acceptors (Lipinski definition) is 3. The minimum absolute atomic E-state index is 0.304. The highest BCUT2D eigenvalue weighted by Crippen LogP contribution is 2.11. The number of carboxylic acid groups (broad SMARTS) is 1. The maximum atomic E-state index is 11.1. The fraction of sp³-hybridized carbons (Fsp3) is 0.400. The molecule has 19 heavy (non-hydrogen) atoms. The molecule has 4 nitrogen and oxygen atoms in total. The molecule has 1 atom stereocenters. The summed E-state index contributed by atoms with van der Waals surface area (Å²) in [5.41, 5.74) is 2.72. The zero-order valence-electron chi connectivity index (χ0n) is 11.0. The lowest BCUT2D eigenvalue weighted by Crippen LogP contribution is -2.30. The van der Waals surface area contributed by atoms with Crippen LogP contribution in [-0.4, -0.2) is 17.6 Å². The Bertz CT molecular complexity index is 378. The van der Waals surface area contributed by atoms with Gasteiger partial charge in [0.2, 0.25) is 0 Å². The van der Waals surface area contributed by atoms with Crippen LogP contribution in [0.4, 0.5) is 0 Å². The van der Waals surface area contributed by atoms with Gasteiger partial charge in [-0.25, -0.2) is 0 Å². The third kappa shape index (κ3) is 6.62. The molecule has 0 aromatic heterocycles. The number of hydrogen-bond donors (Lipinski definition) is 2. The van der Waals surface area contributed by atoms with Gasteiger partial charge in [0, 0.05) is 6.54 Å². The molecule has 0 amide bonds. The maximum Gasteiger partial charge on any atom is 0.307 e. The summed E-state index contributed by atoms with van der Waals surface area (Å²) in [6.45, 7) is 3.95. The monoisotopic (exact) mass is 263 g/mol. The third-order valence-electron chi connectivity index (χ3n) is 2.82. The summed E-state index contributed by atoms with van der Waals surface area (Å²) in [5.74, 6) is -0.533. The number of para-hydroxylation sites is 1. The lowest BCUT2D eigenvalue weighted by Gasteiger charge is -2.13. The van der Waals surface area contributed by atoms with Gasteiger partial charge in [0.25, 0.3) is 0 Å². The Morgan fingerprint density at radius 3 is 2.74 bits per heavy atom. The molecule has 0 fully saturated rings. The molecule has 2 N–H and O–H groups in total. The van der Waals surface area contributed by atoms with Gasteiger partial charge in [-0.05, 0) is 31.4 Å². The van der Waals surface area contributed by atoms with Crippen LogP contribution in [0.2, 0.25) is 0 Å². The van der Waals surface area contributed by atoms with Crippen molar-refractivity contribution in [2.24, 2.45) is 5.92 Å². The first-order valence-electron chi connectivity index (χ1n) is 6.52. The van der Waals surface area contributed by atoms with E-state index < -0.39 is 11.9 Å². The average Bonchev–Trinajstić information content (AvgIpc) is 2.42. The van der Waals surface area contributed by atoms with Crippen LogP contribution in [0.5, 0.6) is 5.75 Å². The van der Waals surface area contributed by atoms with E-state index in [0.29, 0.717) is 18.7 Å². The quantitative estimate of drug-likeness (QED) is 0.387. The first-order chi connectivity index (χ1) is 9.24. The van der Waals surface area contributed by atoms with E-state index in [1.807, 2.05) is 36.4 Å². The van der Waals surface area contributed by atoms with E-state index in [-0.39, 0.29) is 0 Å². The molecule has 0 aliphatic carbocycles. The molecule has 1 aromatic carbocycles. The SMILES string of the molecule is C=CCCCC[C@H](CNOc1ccccc1)C(=O)O. The van der Waals surface area contributed by atoms with Crippen LogP contribution >= 0.6 is 0 Å². The molecule has 0 bridgehead atoms. The van der Waals surface area contributed by atoms with Gasteiger partial charge in [-0.15, -0.1) is 6.58 Å². The normalized spacial score (nSPS) is 11.8. The number of hydroxylamine groups is 1. The number of allylic oxidation sites excluding steroid dienone is 1.